The smallest absolute Gasteiger partial charge is 0.184 e. The molecule has 0 atom stereocenters. The summed E-state index contributed by atoms with van der Waals surface area (Å²) >= 11 is 5.93. The van der Waals surface area contributed by atoms with Crippen molar-refractivity contribution in [3.63, 3.8) is 0 Å². The predicted molar refractivity (Wildman–Crippen MR) is 84.5 cm³/mol. The van der Waals surface area contributed by atoms with Crippen molar-refractivity contribution in [2.75, 3.05) is 12.8 Å². The number of sulfone groups is 1. The van der Waals surface area contributed by atoms with Gasteiger partial charge in [-0.1, -0.05) is 17.7 Å². The van der Waals surface area contributed by atoms with Crippen molar-refractivity contribution in [3.8, 4) is 5.75 Å². The average molecular weight is 326 g/mol. The van der Waals surface area contributed by atoms with Gasteiger partial charge in [0.25, 0.3) is 0 Å². The van der Waals surface area contributed by atoms with Gasteiger partial charge in [0, 0.05) is 10.6 Å². The molecule has 112 valence electrons. The molecule has 0 aliphatic heterocycles. The van der Waals surface area contributed by atoms with Gasteiger partial charge in [0.2, 0.25) is 0 Å². The van der Waals surface area contributed by atoms with Gasteiger partial charge < -0.3 is 10.5 Å². The molecule has 21 heavy (non-hydrogen) atoms. The molecule has 0 saturated carbocycles. The Morgan fingerprint density at radius 1 is 1.19 bits per heavy atom. The van der Waals surface area contributed by atoms with Crippen molar-refractivity contribution in [2.24, 2.45) is 0 Å². The van der Waals surface area contributed by atoms with Gasteiger partial charge in [-0.3, -0.25) is 0 Å². The summed E-state index contributed by atoms with van der Waals surface area (Å²) in [6, 6.07) is 9.82. The summed E-state index contributed by atoms with van der Waals surface area (Å²) in [5.74, 6) is 0.263. The van der Waals surface area contributed by atoms with Gasteiger partial charge in [-0.15, -0.1) is 0 Å². The highest BCUT2D eigenvalue weighted by atomic mass is 35.5. The van der Waals surface area contributed by atoms with Crippen LogP contribution in [0.3, 0.4) is 0 Å². The molecule has 0 amide bonds. The van der Waals surface area contributed by atoms with Gasteiger partial charge in [-0.05, 0) is 42.8 Å². The zero-order valence-corrected chi connectivity index (χ0v) is 13.3. The quantitative estimate of drug-likeness (QED) is 0.876. The molecule has 6 heteroatoms. The molecule has 0 bridgehead atoms. The van der Waals surface area contributed by atoms with E-state index in [9.17, 15) is 8.42 Å². The Balaban J connectivity index is 2.47. The molecule has 2 N–H and O–H groups in total. The highest BCUT2D eigenvalue weighted by Crippen LogP contribution is 2.29. The Morgan fingerprint density at radius 3 is 2.57 bits per heavy atom. The first-order valence-corrected chi connectivity index (χ1v) is 8.28. The van der Waals surface area contributed by atoms with Gasteiger partial charge in [0.15, 0.2) is 9.84 Å². The van der Waals surface area contributed by atoms with Crippen LogP contribution in [0.5, 0.6) is 5.75 Å². The van der Waals surface area contributed by atoms with Gasteiger partial charge >= 0.3 is 0 Å². The standard InChI is InChI=1S/C15H16ClNO3S/c1-10-3-5-13(17)15(7-10)21(18,19)9-11-8-12(16)4-6-14(11)20-2/h3-8H,9,17H2,1-2H3. The lowest BCUT2D eigenvalue weighted by Crippen LogP contribution is -2.09. The number of aryl methyl sites for hydroxylation is 1. The van der Waals surface area contributed by atoms with Crippen molar-refractivity contribution in [1.29, 1.82) is 0 Å². The first kappa shape index (κ1) is 15.7. The zero-order valence-electron chi connectivity index (χ0n) is 11.8. The van der Waals surface area contributed by atoms with E-state index in [1.165, 1.54) is 7.11 Å². The maximum absolute atomic E-state index is 12.6. The van der Waals surface area contributed by atoms with Crippen LogP contribution in [0, 0.1) is 6.92 Å². The first-order valence-electron chi connectivity index (χ1n) is 6.25. The second-order valence-corrected chi connectivity index (χ2v) is 7.15. The molecule has 0 aliphatic carbocycles. The van der Waals surface area contributed by atoms with Crippen molar-refractivity contribution < 1.29 is 13.2 Å². The number of nitrogens with two attached hydrogens (primary N) is 1. The summed E-state index contributed by atoms with van der Waals surface area (Å²) in [5, 5.41) is 0.457. The molecule has 4 nitrogen and oxygen atoms in total. The predicted octanol–water partition coefficient (Wildman–Crippen LogP) is 3.21. The molecule has 0 aromatic heterocycles. The van der Waals surface area contributed by atoms with Gasteiger partial charge in [-0.2, -0.15) is 0 Å². The van der Waals surface area contributed by atoms with E-state index in [1.54, 1.807) is 36.4 Å². The second-order valence-electron chi connectivity index (χ2n) is 4.76. The van der Waals surface area contributed by atoms with Crippen LogP contribution in [0.2, 0.25) is 5.02 Å². The molecule has 2 aromatic rings. The van der Waals surface area contributed by atoms with Crippen molar-refractivity contribution in [1.82, 2.24) is 0 Å². The van der Waals surface area contributed by atoms with E-state index in [0.717, 1.165) is 5.56 Å². The number of halogens is 1. The molecule has 0 radical (unpaired) electrons. The molecule has 0 fully saturated rings. The fourth-order valence-electron chi connectivity index (χ4n) is 2.05. The summed E-state index contributed by atoms with van der Waals surface area (Å²) in [6.45, 7) is 1.82. The van der Waals surface area contributed by atoms with E-state index in [2.05, 4.69) is 0 Å². The zero-order chi connectivity index (χ0) is 15.6. The maximum Gasteiger partial charge on any atom is 0.184 e. The molecule has 0 aliphatic rings. The fourth-order valence-corrected chi connectivity index (χ4v) is 3.83. The van der Waals surface area contributed by atoms with Crippen LogP contribution >= 0.6 is 11.6 Å². The summed E-state index contributed by atoms with van der Waals surface area (Å²) in [6.07, 6.45) is 0. The Hall–Kier alpha value is -1.72. The molecule has 0 saturated heterocycles. The number of methoxy groups -OCH3 is 1. The maximum atomic E-state index is 12.6. The minimum atomic E-state index is -3.58. The van der Waals surface area contributed by atoms with E-state index in [0.29, 0.717) is 16.3 Å². The third-order valence-electron chi connectivity index (χ3n) is 3.09. The number of benzene rings is 2. The second kappa shape index (κ2) is 5.95. The number of nitrogen functional groups attached to an aromatic ring is 1. The van der Waals surface area contributed by atoms with E-state index in [-0.39, 0.29) is 16.3 Å². The largest absolute Gasteiger partial charge is 0.496 e. The third-order valence-corrected chi connectivity index (χ3v) is 5.04. The van der Waals surface area contributed by atoms with E-state index >= 15 is 0 Å². The molecule has 0 unspecified atom stereocenters. The lowest BCUT2D eigenvalue weighted by atomic mass is 10.2. The van der Waals surface area contributed by atoms with Crippen LogP contribution < -0.4 is 10.5 Å². The normalized spacial score (nSPS) is 11.4. The molecular formula is C15H16ClNO3S. The summed E-state index contributed by atoms with van der Waals surface area (Å²) in [4.78, 5) is 0.129. The van der Waals surface area contributed by atoms with Gasteiger partial charge in [-0.25, -0.2) is 8.42 Å². The minimum Gasteiger partial charge on any atom is -0.496 e. The van der Waals surface area contributed by atoms with E-state index in [4.69, 9.17) is 22.1 Å². The van der Waals surface area contributed by atoms with Crippen LogP contribution in [-0.4, -0.2) is 15.5 Å². The number of anilines is 1. The summed E-state index contributed by atoms with van der Waals surface area (Å²) in [5.41, 5.74) is 7.37. The molecule has 0 heterocycles. The monoisotopic (exact) mass is 325 g/mol. The summed E-state index contributed by atoms with van der Waals surface area (Å²) in [7, 11) is -2.09. The van der Waals surface area contributed by atoms with Gasteiger partial charge in [0.1, 0.15) is 5.75 Å². The Kier molecular flexibility index (Phi) is 4.44. The number of hydrogen-bond acceptors (Lipinski definition) is 4. The number of rotatable bonds is 4. The van der Waals surface area contributed by atoms with Crippen molar-refractivity contribution in [3.05, 3.63) is 52.5 Å². The van der Waals surface area contributed by atoms with Crippen LogP contribution in [0.1, 0.15) is 11.1 Å². The number of hydrogen-bond donors (Lipinski definition) is 1. The first-order chi connectivity index (χ1) is 9.83. The van der Waals surface area contributed by atoms with Crippen LogP contribution in [0.15, 0.2) is 41.3 Å². The Bertz CT molecular complexity index is 772. The SMILES string of the molecule is COc1ccc(Cl)cc1CS(=O)(=O)c1cc(C)ccc1N. The lowest BCUT2D eigenvalue weighted by molar-refractivity contribution is 0.411. The third kappa shape index (κ3) is 3.49. The molecular weight excluding hydrogens is 310 g/mol. The van der Waals surface area contributed by atoms with Crippen molar-refractivity contribution >= 4 is 27.1 Å². The lowest BCUT2D eigenvalue weighted by Gasteiger charge is -2.11. The molecule has 2 rings (SSSR count). The number of ether oxygens (including phenoxy) is 1. The Labute approximate surface area is 129 Å². The Morgan fingerprint density at radius 2 is 1.90 bits per heavy atom. The van der Waals surface area contributed by atoms with Gasteiger partial charge in [0.05, 0.1) is 23.4 Å². The van der Waals surface area contributed by atoms with Crippen LogP contribution in [-0.2, 0) is 15.6 Å². The minimum absolute atomic E-state index is 0.129. The highest BCUT2D eigenvalue weighted by molar-refractivity contribution is 7.90. The van der Waals surface area contributed by atoms with E-state index in [1.807, 2.05) is 6.92 Å². The van der Waals surface area contributed by atoms with E-state index < -0.39 is 9.84 Å². The molecule has 0 spiro atoms. The van der Waals surface area contributed by atoms with Crippen molar-refractivity contribution in [2.45, 2.75) is 17.6 Å². The van der Waals surface area contributed by atoms with Crippen LogP contribution in [0.4, 0.5) is 5.69 Å². The average Bonchev–Trinajstić information content (AvgIpc) is 2.41. The highest BCUT2D eigenvalue weighted by Gasteiger charge is 2.21. The molecule has 2 aromatic carbocycles. The summed E-state index contributed by atoms with van der Waals surface area (Å²) < 4.78 is 30.3. The topological polar surface area (TPSA) is 69.4 Å². The fraction of sp³-hybridized carbons (Fsp3) is 0.200. The van der Waals surface area contributed by atoms with Crippen LogP contribution in [0.25, 0.3) is 0 Å².